The molecule has 0 aliphatic carbocycles. The van der Waals surface area contributed by atoms with Crippen LogP contribution >= 0.6 is 0 Å². The van der Waals surface area contributed by atoms with E-state index in [1.807, 2.05) is 44.2 Å². The number of para-hydroxylation sites is 1. The van der Waals surface area contributed by atoms with Crippen LogP contribution in [0, 0.1) is 6.92 Å². The molecule has 0 saturated carbocycles. The molecule has 0 aliphatic rings. The van der Waals surface area contributed by atoms with Crippen molar-refractivity contribution in [2.75, 3.05) is 18.4 Å². The zero-order valence-corrected chi connectivity index (χ0v) is 18.8. The number of aromatic nitrogens is 2. The predicted octanol–water partition coefficient (Wildman–Crippen LogP) is 4.56. The first-order chi connectivity index (χ1) is 14.7. The van der Waals surface area contributed by atoms with Crippen molar-refractivity contribution >= 4 is 17.6 Å². The molecule has 0 radical (unpaired) electrons. The molecule has 1 N–H and O–H groups in total. The van der Waals surface area contributed by atoms with Gasteiger partial charge in [0.15, 0.2) is 5.76 Å². The molecule has 0 bridgehead atoms. The molecule has 31 heavy (non-hydrogen) atoms. The zero-order valence-electron chi connectivity index (χ0n) is 18.8. The average Bonchev–Trinajstić information content (AvgIpc) is 3.37. The summed E-state index contributed by atoms with van der Waals surface area (Å²) in [6.07, 6.45) is 2.18. The number of carbonyl (C=O) groups is 2. The lowest BCUT2D eigenvalue weighted by Crippen LogP contribution is -2.38. The van der Waals surface area contributed by atoms with Crippen LogP contribution in [0.15, 0.2) is 53.1 Å². The van der Waals surface area contributed by atoms with E-state index in [1.54, 1.807) is 16.8 Å². The van der Waals surface area contributed by atoms with E-state index >= 15 is 0 Å². The number of nitrogens with zero attached hydrogens (tertiary/aromatic N) is 3. The highest BCUT2D eigenvalue weighted by molar-refractivity contribution is 5.97. The Bertz CT molecular complexity index is 1050. The molecule has 3 aromatic rings. The maximum absolute atomic E-state index is 12.9. The van der Waals surface area contributed by atoms with Crippen LogP contribution < -0.4 is 5.32 Å². The number of furan rings is 1. The molecule has 0 unspecified atom stereocenters. The molecule has 0 fully saturated rings. The van der Waals surface area contributed by atoms with Crippen LogP contribution in [0.4, 0.5) is 5.82 Å². The predicted molar refractivity (Wildman–Crippen MR) is 121 cm³/mol. The Labute approximate surface area is 183 Å². The van der Waals surface area contributed by atoms with E-state index in [2.05, 4.69) is 26.1 Å². The number of carbonyl (C=O) groups excluding carboxylic acids is 2. The molecule has 2 amide bonds. The molecule has 1 aromatic carbocycles. The van der Waals surface area contributed by atoms with Gasteiger partial charge in [-0.25, -0.2) is 4.68 Å². The van der Waals surface area contributed by atoms with E-state index in [0.29, 0.717) is 12.4 Å². The molecule has 0 spiro atoms. The normalized spacial score (nSPS) is 11.4. The van der Waals surface area contributed by atoms with E-state index in [0.717, 1.165) is 23.4 Å². The van der Waals surface area contributed by atoms with Crippen LogP contribution in [0.2, 0.25) is 0 Å². The number of amides is 2. The number of benzene rings is 1. The smallest absolute Gasteiger partial charge is 0.290 e. The Morgan fingerprint density at radius 3 is 2.52 bits per heavy atom. The van der Waals surface area contributed by atoms with Crippen molar-refractivity contribution in [1.82, 2.24) is 14.7 Å². The summed E-state index contributed by atoms with van der Waals surface area (Å²) in [5.41, 5.74) is 2.62. The molecule has 7 heteroatoms. The van der Waals surface area contributed by atoms with Gasteiger partial charge in [-0.1, -0.05) is 45.9 Å². The summed E-state index contributed by atoms with van der Waals surface area (Å²) in [6, 6.07) is 13.0. The van der Waals surface area contributed by atoms with Gasteiger partial charge in [0.25, 0.3) is 5.91 Å². The van der Waals surface area contributed by atoms with Crippen LogP contribution in [0.3, 0.4) is 0 Å². The third kappa shape index (κ3) is 5.23. The monoisotopic (exact) mass is 422 g/mol. The minimum Gasteiger partial charge on any atom is -0.459 e. The number of hydrogen-bond acceptors (Lipinski definition) is 4. The molecule has 164 valence electrons. The average molecular weight is 423 g/mol. The first kappa shape index (κ1) is 22.3. The zero-order chi connectivity index (χ0) is 22.6. The second-order valence-electron chi connectivity index (χ2n) is 8.62. The summed E-state index contributed by atoms with van der Waals surface area (Å²) >= 11 is 0. The van der Waals surface area contributed by atoms with Crippen LogP contribution in [0.25, 0.3) is 5.69 Å². The van der Waals surface area contributed by atoms with Crippen molar-refractivity contribution in [3.8, 4) is 5.69 Å². The molecule has 2 aromatic heterocycles. The first-order valence-electron chi connectivity index (χ1n) is 10.5. The number of anilines is 1. The number of aryl methyl sites for hydroxylation is 1. The van der Waals surface area contributed by atoms with E-state index in [4.69, 9.17) is 9.52 Å². The summed E-state index contributed by atoms with van der Waals surface area (Å²) in [7, 11) is 0. The van der Waals surface area contributed by atoms with Crippen LogP contribution in [0.5, 0.6) is 0 Å². The van der Waals surface area contributed by atoms with Gasteiger partial charge in [0.1, 0.15) is 12.4 Å². The summed E-state index contributed by atoms with van der Waals surface area (Å²) in [5, 5.41) is 7.72. The first-order valence-corrected chi connectivity index (χ1v) is 10.5. The molecule has 0 saturated heterocycles. The van der Waals surface area contributed by atoms with E-state index in [1.165, 1.54) is 11.2 Å². The number of nitrogens with one attached hydrogen (secondary N) is 1. The van der Waals surface area contributed by atoms with Crippen LogP contribution in [-0.4, -0.2) is 39.6 Å². The SMILES string of the molecule is CCCN(CC(=O)Nc1cc(C(C)(C)C)nn1-c1ccccc1C)C(=O)c1ccco1. The van der Waals surface area contributed by atoms with E-state index in [9.17, 15) is 9.59 Å². The van der Waals surface area contributed by atoms with Gasteiger partial charge in [-0.15, -0.1) is 0 Å². The van der Waals surface area contributed by atoms with Gasteiger partial charge in [-0.05, 0) is 37.1 Å². The quantitative estimate of drug-likeness (QED) is 0.605. The van der Waals surface area contributed by atoms with Gasteiger partial charge >= 0.3 is 0 Å². The molecular formula is C24H30N4O3. The highest BCUT2D eigenvalue weighted by Crippen LogP contribution is 2.27. The van der Waals surface area contributed by atoms with Crippen molar-refractivity contribution in [3.63, 3.8) is 0 Å². The van der Waals surface area contributed by atoms with Crippen molar-refractivity contribution in [1.29, 1.82) is 0 Å². The summed E-state index contributed by atoms with van der Waals surface area (Å²) in [5.74, 6) is 0.209. The Kier molecular flexibility index (Phi) is 6.63. The second-order valence-corrected chi connectivity index (χ2v) is 8.62. The minimum absolute atomic E-state index is 0.0722. The minimum atomic E-state index is -0.301. The third-order valence-electron chi connectivity index (χ3n) is 4.94. The summed E-state index contributed by atoms with van der Waals surface area (Å²) in [6.45, 7) is 10.6. The lowest BCUT2D eigenvalue weighted by molar-refractivity contribution is -0.117. The van der Waals surface area contributed by atoms with Gasteiger partial charge < -0.3 is 14.6 Å². The fraction of sp³-hybridized carbons (Fsp3) is 0.375. The second kappa shape index (κ2) is 9.20. The summed E-state index contributed by atoms with van der Waals surface area (Å²) < 4.78 is 6.97. The van der Waals surface area contributed by atoms with Gasteiger partial charge in [0.2, 0.25) is 5.91 Å². The maximum Gasteiger partial charge on any atom is 0.290 e. The standard InChI is InChI=1S/C24H30N4O3/c1-6-13-27(23(30)19-12-9-14-31-19)16-22(29)25-21-15-20(24(3,4)5)26-28(21)18-11-8-7-10-17(18)2/h7-12,14-15H,6,13,16H2,1-5H3,(H,25,29). The third-order valence-corrected chi connectivity index (χ3v) is 4.94. The van der Waals surface area contributed by atoms with Crippen LogP contribution in [0.1, 0.15) is 55.9 Å². The largest absolute Gasteiger partial charge is 0.459 e. The Hall–Kier alpha value is -3.35. The van der Waals surface area contributed by atoms with Gasteiger partial charge in [0.05, 0.1) is 17.6 Å². The molecule has 0 aliphatic heterocycles. The summed E-state index contributed by atoms with van der Waals surface area (Å²) in [4.78, 5) is 27.1. The van der Waals surface area contributed by atoms with Crippen molar-refractivity contribution < 1.29 is 14.0 Å². The fourth-order valence-electron chi connectivity index (χ4n) is 3.26. The van der Waals surface area contributed by atoms with Gasteiger partial charge in [-0.2, -0.15) is 5.10 Å². The Balaban J connectivity index is 1.86. The topological polar surface area (TPSA) is 80.4 Å². The maximum atomic E-state index is 12.9. The molecule has 0 atom stereocenters. The van der Waals surface area contributed by atoms with Crippen LogP contribution in [-0.2, 0) is 10.2 Å². The Morgan fingerprint density at radius 2 is 1.90 bits per heavy atom. The van der Waals surface area contributed by atoms with Crippen molar-refractivity contribution in [2.45, 2.75) is 46.5 Å². The highest BCUT2D eigenvalue weighted by atomic mass is 16.3. The van der Waals surface area contributed by atoms with Crippen molar-refractivity contribution in [3.05, 3.63) is 65.7 Å². The van der Waals surface area contributed by atoms with Gasteiger partial charge in [-0.3, -0.25) is 9.59 Å². The van der Waals surface area contributed by atoms with Gasteiger partial charge in [0, 0.05) is 18.0 Å². The lowest BCUT2D eigenvalue weighted by Gasteiger charge is -2.20. The van der Waals surface area contributed by atoms with E-state index < -0.39 is 0 Å². The molecule has 2 heterocycles. The molecular weight excluding hydrogens is 392 g/mol. The fourth-order valence-corrected chi connectivity index (χ4v) is 3.26. The number of hydrogen-bond donors (Lipinski definition) is 1. The van der Waals surface area contributed by atoms with Crippen molar-refractivity contribution in [2.24, 2.45) is 0 Å². The number of rotatable bonds is 7. The Morgan fingerprint density at radius 1 is 1.16 bits per heavy atom. The lowest BCUT2D eigenvalue weighted by atomic mass is 9.92. The van der Waals surface area contributed by atoms with E-state index in [-0.39, 0.29) is 29.5 Å². The molecule has 7 nitrogen and oxygen atoms in total. The highest BCUT2D eigenvalue weighted by Gasteiger charge is 2.24. The molecule has 3 rings (SSSR count).